The molecule has 0 aliphatic rings. The Morgan fingerprint density at radius 1 is 1.00 bits per heavy atom. The van der Waals surface area contributed by atoms with Gasteiger partial charge in [-0.1, -0.05) is 17.7 Å². The first-order valence-corrected chi connectivity index (χ1v) is 6.79. The number of halogens is 1. The molecule has 1 heterocycles. The van der Waals surface area contributed by atoms with Crippen LogP contribution < -0.4 is 20.9 Å². The smallest absolute Gasteiger partial charge is 0.222 e. The lowest BCUT2D eigenvalue weighted by molar-refractivity contribution is 0.380. The molecule has 6 nitrogen and oxygen atoms in total. The lowest BCUT2D eigenvalue weighted by atomic mass is 10.2. The number of nitrogen functional groups attached to an aromatic ring is 2. The van der Waals surface area contributed by atoms with Crippen molar-refractivity contribution in [2.24, 2.45) is 0 Å². The fraction of sp³-hybridized carbons (Fsp3) is 0.0667. The van der Waals surface area contributed by atoms with E-state index in [1.165, 1.54) is 0 Å². The summed E-state index contributed by atoms with van der Waals surface area (Å²) in [5.41, 5.74) is 12.2. The Kier molecular flexibility index (Phi) is 3.60. The van der Waals surface area contributed by atoms with Crippen LogP contribution in [0.4, 0.5) is 11.8 Å². The first-order valence-electron chi connectivity index (χ1n) is 6.41. The largest absolute Gasteiger partial charge is 0.493 e. The fourth-order valence-corrected chi connectivity index (χ4v) is 2.29. The van der Waals surface area contributed by atoms with E-state index in [1.54, 1.807) is 43.5 Å². The van der Waals surface area contributed by atoms with E-state index in [0.717, 1.165) is 0 Å². The molecule has 0 bridgehead atoms. The first-order chi connectivity index (χ1) is 10.6. The number of methoxy groups -OCH3 is 1. The molecule has 0 saturated heterocycles. The van der Waals surface area contributed by atoms with Crippen molar-refractivity contribution in [3.63, 3.8) is 0 Å². The van der Waals surface area contributed by atoms with Gasteiger partial charge in [0.2, 0.25) is 5.95 Å². The van der Waals surface area contributed by atoms with Gasteiger partial charge in [-0.25, -0.2) is 4.98 Å². The SMILES string of the molecule is COc1cc(Cl)ccc1Oc1cccc2nc(N)nc(N)c12. The highest BCUT2D eigenvalue weighted by Crippen LogP contribution is 2.37. The highest BCUT2D eigenvalue weighted by Gasteiger charge is 2.12. The van der Waals surface area contributed by atoms with E-state index in [9.17, 15) is 0 Å². The first kappa shape index (κ1) is 14.2. The molecule has 3 rings (SSSR count). The van der Waals surface area contributed by atoms with Crippen LogP contribution in [0.1, 0.15) is 0 Å². The molecule has 4 N–H and O–H groups in total. The Morgan fingerprint density at radius 2 is 1.82 bits per heavy atom. The molecule has 0 spiro atoms. The van der Waals surface area contributed by atoms with Gasteiger partial charge in [0.15, 0.2) is 11.5 Å². The van der Waals surface area contributed by atoms with Gasteiger partial charge in [0.1, 0.15) is 11.6 Å². The van der Waals surface area contributed by atoms with E-state index in [2.05, 4.69) is 9.97 Å². The maximum atomic E-state index is 5.95. The predicted molar refractivity (Wildman–Crippen MR) is 86.4 cm³/mol. The van der Waals surface area contributed by atoms with Gasteiger partial charge in [-0.3, -0.25) is 0 Å². The van der Waals surface area contributed by atoms with Crippen LogP contribution in [0.25, 0.3) is 10.9 Å². The highest BCUT2D eigenvalue weighted by molar-refractivity contribution is 6.30. The van der Waals surface area contributed by atoms with Crippen molar-refractivity contribution in [1.82, 2.24) is 9.97 Å². The van der Waals surface area contributed by atoms with Crippen LogP contribution in [0.5, 0.6) is 17.2 Å². The topological polar surface area (TPSA) is 96.3 Å². The normalized spacial score (nSPS) is 10.6. The average Bonchev–Trinajstić information content (AvgIpc) is 2.48. The van der Waals surface area contributed by atoms with Crippen LogP contribution >= 0.6 is 11.6 Å². The van der Waals surface area contributed by atoms with Crippen LogP contribution in [0.15, 0.2) is 36.4 Å². The monoisotopic (exact) mass is 316 g/mol. The molecule has 0 saturated carbocycles. The Bertz CT molecular complexity index is 854. The Hall–Kier alpha value is -2.73. The molecule has 1 aromatic heterocycles. The molecule has 7 heteroatoms. The summed E-state index contributed by atoms with van der Waals surface area (Å²) in [4.78, 5) is 8.12. The summed E-state index contributed by atoms with van der Waals surface area (Å²) in [6.45, 7) is 0. The fourth-order valence-electron chi connectivity index (χ4n) is 2.13. The summed E-state index contributed by atoms with van der Waals surface area (Å²) >= 11 is 5.95. The number of rotatable bonds is 3. The summed E-state index contributed by atoms with van der Waals surface area (Å²) in [7, 11) is 1.54. The minimum atomic E-state index is 0.117. The zero-order valence-corrected chi connectivity index (χ0v) is 12.5. The molecule has 3 aromatic rings. The summed E-state index contributed by atoms with van der Waals surface area (Å²) in [5.74, 6) is 1.91. The molecule has 0 amide bonds. The third-order valence-electron chi connectivity index (χ3n) is 3.08. The number of anilines is 2. The molecular formula is C15H13ClN4O2. The van der Waals surface area contributed by atoms with Crippen molar-refractivity contribution in [2.45, 2.75) is 0 Å². The minimum absolute atomic E-state index is 0.117. The van der Waals surface area contributed by atoms with E-state index in [0.29, 0.717) is 33.2 Å². The number of hydrogen-bond acceptors (Lipinski definition) is 6. The second kappa shape index (κ2) is 5.57. The molecule has 0 aliphatic carbocycles. The number of nitrogens with zero attached hydrogens (tertiary/aromatic N) is 2. The molecule has 0 unspecified atom stereocenters. The van der Waals surface area contributed by atoms with E-state index in [4.69, 9.17) is 32.5 Å². The average molecular weight is 317 g/mol. The van der Waals surface area contributed by atoms with Crippen molar-refractivity contribution in [2.75, 3.05) is 18.6 Å². The van der Waals surface area contributed by atoms with E-state index < -0.39 is 0 Å². The Labute approximate surface area is 131 Å². The summed E-state index contributed by atoms with van der Waals surface area (Å²) in [6.07, 6.45) is 0. The number of benzene rings is 2. The lowest BCUT2D eigenvalue weighted by Crippen LogP contribution is -2.01. The van der Waals surface area contributed by atoms with Crippen molar-refractivity contribution in [3.05, 3.63) is 41.4 Å². The van der Waals surface area contributed by atoms with E-state index in [1.807, 2.05) is 0 Å². The number of aromatic nitrogens is 2. The number of fused-ring (bicyclic) bond motifs is 1. The van der Waals surface area contributed by atoms with Gasteiger partial charge < -0.3 is 20.9 Å². The van der Waals surface area contributed by atoms with Crippen LogP contribution in [0.3, 0.4) is 0 Å². The van der Waals surface area contributed by atoms with Crippen molar-refractivity contribution < 1.29 is 9.47 Å². The summed E-state index contributed by atoms with van der Waals surface area (Å²) in [5, 5.41) is 1.14. The van der Waals surface area contributed by atoms with Gasteiger partial charge in [-0.15, -0.1) is 0 Å². The standard InChI is InChI=1S/C15H13ClN4O2/c1-21-12-7-8(16)5-6-10(12)22-11-4-2-3-9-13(11)14(17)20-15(18)19-9/h2-7H,1H3,(H4,17,18,19,20). The van der Waals surface area contributed by atoms with Crippen molar-refractivity contribution in [3.8, 4) is 17.2 Å². The maximum Gasteiger partial charge on any atom is 0.222 e. The zero-order valence-electron chi connectivity index (χ0n) is 11.7. The van der Waals surface area contributed by atoms with E-state index in [-0.39, 0.29) is 11.8 Å². The molecule has 112 valence electrons. The third-order valence-corrected chi connectivity index (χ3v) is 3.31. The lowest BCUT2D eigenvalue weighted by Gasteiger charge is -2.13. The molecule has 0 aliphatic heterocycles. The van der Waals surface area contributed by atoms with Gasteiger partial charge >= 0.3 is 0 Å². The van der Waals surface area contributed by atoms with Gasteiger partial charge in [-0.2, -0.15) is 4.98 Å². The number of ether oxygens (including phenoxy) is 2. The number of nitrogens with two attached hydrogens (primary N) is 2. The van der Waals surface area contributed by atoms with Crippen LogP contribution in [-0.2, 0) is 0 Å². The van der Waals surface area contributed by atoms with Crippen molar-refractivity contribution >= 4 is 34.3 Å². The molecule has 22 heavy (non-hydrogen) atoms. The van der Waals surface area contributed by atoms with Crippen LogP contribution in [-0.4, -0.2) is 17.1 Å². The number of hydrogen-bond donors (Lipinski definition) is 2. The Morgan fingerprint density at radius 3 is 2.59 bits per heavy atom. The zero-order chi connectivity index (χ0) is 15.7. The quantitative estimate of drug-likeness (QED) is 0.770. The molecule has 0 radical (unpaired) electrons. The van der Waals surface area contributed by atoms with Crippen LogP contribution in [0, 0.1) is 0 Å². The van der Waals surface area contributed by atoms with E-state index >= 15 is 0 Å². The van der Waals surface area contributed by atoms with Gasteiger partial charge in [-0.05, 0) is 24.3 Å². The predicted octanol–water partition coefficient (Wildman–Crippen LogP) is 3.25. The van der Waals surface area contributed by atoms with Gasteiger partial charge in [0.25, 0.3) is 0 Å². The molecule has 0 fully saturated rings. The molecule has 2 aromatic carbocycles. The molecule has 0 atom stereocenters. The Balaban J connectivity index is 2.12. The highest BCUT2D eigenvalue weighted by atomic mass is 35.5. The molecular weight excluding hydrogens is 304 g/mol. The van der Waals surface area contributed by atoms with Crippen molar-refractivity contribution in [1.29, 1.82) is 0 Å². The third kappa shape index (κ3) is 2.56. The summed E-state index contributed by atoms with van der Waals surface area (Å²) < 4.78 is 11.2. The second-order valence-electron chi connectivity index (χ2n) is 4.51. The van der Waals surface area contributed by atoms with Crippen LogP contribution in [0.2, 0.25) is 5.02 Å². The minimum Gasteiger partial charge on any atom is -0.493 e. The second-order valence-corrected chi connectivity index (χ2v) is 4.95. The van der Waals surface area contributed by atoms with Gasteiger partial charge in [0, 0.05) is 11.1 Å². The summed E-state index contributed by atoms with van der Waals surface area (Å²) in [6, 6.07) is 10.4. The maximum absolute atomic E-state index is 5.95. The van der Waals surface area contributed by atoms with Gasteiger partial charge in [0.05, 0.1) is 18.0 Å².